The SMILES string of the molecule is c1ccc(-c2cccc(N(c3ccccc3-c3ccccc3)c3ccc(-c4ccc(-n5c6ccccc6c6ccccc65)cc4)c4oc5ccccc5c34)c2)cc1. The number of nitrogens with zero attached hydrogens (tertiary/aromatic N) is 2. The van der Waals surface area contributed by atoms with E-state index in [2.05, 4.69) is 228 Å². The van der Waals surface area contributed by atoms with E-state index in [1.165, 1.54) is 27.4 Å². The van der Waals surface area contributed by atoms with Gasteiger partial charge in [-0.25, -0.2) is 0 Å². The van der Waals surface area contributed by atoms with Crippen LogP contribution in [0.4, 0.5) is 17.1 Å². The Kier molecular flexibility index (Phi) is 7.82. The highest BCUT2D eigenvalue weighted by molar-refractivity contribution is 6.17. The Balaban J connectivity index is 1.12. The van der Waals surface area contributed by atoms with Gasteiger partial charge in [0, 0.05) is 38.7 Å². The molecule has 9 aromatic carbocycles. The summed E-state index contributed by atoms with van der Waals surface area (Å²) in [5, 5.41) is 4.66. The second-order valence-electron chi connectivity index (χ2n) is 14.5. The van der Waals surface area contributed by atoms with Crippen LogP contribution in [0, 0.1) is 0 Å². The van der Waals surface area contributed by atoms with E-state index in [1.807, 2.05) is 0 Å². The van der Waals surface area contributed by atoms with E-state index in [0.717, 1.165) is 72.5 Å². The highest BCUT2D eigenvalue weighted by Gasteiger charge is 2.24. The predicted octanol–water partition coefficient (Wildman–Crippen LogP) is 15.2. The first kappa shape index (κ1) is 32.8. The summed E-state index contributed by atoms with van der Waals surface area (Å²) in [6, 6.07) is 78.0. The van der Waals surface area contributed by atoms with E-state index in [-0.39, 0.29) is 0 Å². The molecule has 0 saturated heterocycles. The molecule has 3 nitrogen and oxygen atoms in total. The average Bonchev–Trinajstić information content (AvgIpc) is 3.84. The second-order valence-corrected chi connectivity index (χ2v) is 14.5. The zero-order chi connectivity index (χ0) is 37.7. The molecule has 0 radical (unpaired) electrons. The topological polar surface area (TPSA) is 21.3 Å². The summed E-state index contributed by atoms with van der Waals surface area (Å²) in [5.41, 5.74) is 15.2. The molecule has 57 heavy (non-hydrogen) atoms. The van der Waals surface area contributed by atoms with Crippen LogP contribution < -0.4 is 4.90 Å². The number of hydrogen-bond acceptors (Lipinski definition) is 2. The fraction of sp³-hybridized carbons (Fsp3) is 0. The Hall–Kier alpha value is -7.62. The van der Waals surface area contributed by atoms with Crippen molar-refractivity contribution in [1.29, 1.82) is 0 Å². The largest absolute Gasteiger partial charge is 0.455 e. The average molecular weight is 729 g/mol. The van der Waals surface area contributed by atoms with Crippen LogP contribution in [0.5, 0.6) is 0 Å². The van der Waals surface area contributed by atoms with Crippen molar-refractivity contribution in [3.8, 4) is 39.1 Å². The van der Waals surface area contributed by atoms with Gasteiger partial charge in [-0.05, 0) is 82.9 Å². The lowest BCUT2D eigenvalue weighted by atomic mass is 9.97. The number of hydrogen-bond donors (Lipinski definition) is 0. The van der Waals surface area contributed by atoms with Crippen LogP contribution in [-0.2, 0) is 0 Å². The quantitative estimate of drug-likeness (QED) is 0.163. The van der Waals surface area contributed by atoms with Gasteiger partial charge in [0.25, 0.3) is 0 Å². The highest BCUT2D eigenvalue weighted by Crippen LogP contribution is 2.48. The Morgan fingerprint density at radius 2 is 0.947 bits per heavy atom. The van der Waals surface area contributed by atoms with Crippen molar-refractivity contribution < 1.29 is 4.42 Å². The van der Waals surface area contributed by atoms with E-state index in [0.29, 0.717) is 0 Å². The third kappa shape index (κ3) is 5.51. The van der Waals surface area contributed by atoms with Gasteiger partial charge in [0.1, 0.15) is 11.2 Å². The minimum atomic E-state index is 0.859. The van der Waals surface area contributed by atoms with E-state index in [9.17, 15) is 0 Å². The lowest BCUT2D eigenvalue weighted by Crippen LogP contribution is -2.12. The standard InChI is InChI=1S/C54H36N2O/c1-3-16-37(17-4-1)40-20-15-21-42(36-40)56(48-26-11-7-22-43(48)38-18-5-2-6-19-38)51-35-34-44(54-53(51)47-25-10-14-29-52(47)57-54)39-30-32-41(33-31-39)55-49-27-12-8-23-45(49)46-24-9-13-28-50(46)55/h1-36H. The molecule has 11 rings (SSSR count). The molecule has 11 aromatic rings. The molecule has 0 fully saturated rings. The number of fused-ring (bicyclic) bond motifs is 6. The molecule has 0 amide bonds. The summed E-state index contributed by atoms with van der Waals surface area (Å²) in [6.07, 6.45) is 0. The van der Waals surface area contributed by atoms with Crippen molar-refractivity contribution in [2.75, 3.05) is 4.90 Å². The first-order valence-electron chi connectivity index (χ1n) is 19.4. The van der Waals surface area contributed by atoms with E-state index >= 15 is 0 Å². The molecule has 0 bridgehead atoms. The summed E-state index contributed by atoms with van der Waals surface area (Å²) in [7, 11) is 0. The fourth-order valence-electron chi connectivity index (χ4n) is 8.61. The van der Waals surface area contributed by atoms with Crippen molar-refractivity contribution >= 4 is 60.8 Å². The molecule has 0 N–H and O–H groups in total. The van der Waals surface area contributed by atoms with E-state index in [4.69, 9.17) is 4.42 Å². The van der Waals surface area contributed by atoms with E-state index < -0.39 is 0 Å². The summed E-state index contributed by atoms with van der Waals surface area (Å²) >= 11 is 0. The lowest BCUT2D eigenvalue weighted by molar-refractivity contribution is 0.670. The van der Waals surface area contributed by atoms with Crippen molar-refractivity contribution in [1.82, 2.24) is 4.57 Å². The van der Waals surface area contributed by atoms with Gasteiger partial charge in [0.05, 0.1) is 27.8 Å². The molecule has 0 aliphatic heterocycles. The van der Waals surface area contributed by atoms with Crippen LogP contribution in [-0.4, -0.2) is 4.57 Å². The zero-order valence-corrected chi connectivity index (χ0v) is 31.1. The Bertz CT molecular complexity index is 3180. The van der Waals surface area contributed by atoms with Crippen LogP contribution in [0.1, 0.15) is 0 Å². The van der Waals surface area contributed by atoms with Crippen molar-refractivity contribution in [3.05, 3.63) is 218 Å². The van der Waals surface area contributed by atoms with Gasteiger partial charge in [-0.15, -0.1) is 0 Å². The maximum Gasteiger partial charge on any atom is 0.145 e. The predicted molar refractivity (Wildman–Crippen MR) is 239 cm³/mol. The highest BCUT2D eigenvalue weighted by atomic mass is 16.3. The van der Waals surface area contributed by atoms with Crippen molar-refractivity contribution in [2.45, 2.75) is 0 Å². The molecule has 0 spiro atoms. The van der Waals surface area contributed by atoms with Crippen LogP contribution >= 0.6 is 0 Å². The fourth-order valence-corrected chi connectivity index (χ4v) is 8.61. The summed E-state index contributed by atoms with van der Waals surface area (Å²) in [5.74, 6) is 0. The molecule has 2 heterocycles. The number of anilines is 3. The normalized spacial score (nSPS) is 11.5. The number of rotatable bonds is 7. The molecule has 0 atom stereocenters. The maximum absolute atomic E-state index is 6.89. The molecule has 0 unspecified atom stereocenters. The molecular formula is C54H36N2O. The first-order chi connectivity index (χ1) is 28.3. The van der Waals surface area contributed by atoms with Gasteiger partial charge in [0.15, 0.2) is 0 Å². The Labute approximate surface area is 330 Å². The monoisotopic (exact) mass is 728 g/mol. The Morgan fingerprint density at radius 1 is 0.368 bits per heavy atom. The van der Waals surface area contributed by atoms with Gasteiger partial charge < -0.3 is 13.9 Å². The summed E-state index contributed by atoms with van der Waals surface area (Å²) in [4.78, 5) is 2.41. The number of aromatic nitrogens is 1. The van der Waals surface area contributed by atoms with Gasteiger partial charge in [-0.3, -0.25) is 0 Å². The molecule has 3 heteroatoms. The van der Waals surface area contributed by atoms with E-state index in [1.54, 1.807) is 0 Å². The zero-order valence-electron chi connectivity index (χ0n) is 31.1. The lowest BCUT2D eigenvalue weighted by Gasteiger charge is -2.29. The maximum atomic E-state index is 6.89. The van der Waals surface area contributed by atoms with Gasteiger partial charge in [-0.2, -0.15) is 0 Å². The van der Waals surface area contributed by atoms with Gasteiger partial charge in [-0.1, -0.05) is 158 Å². The van der Waals surface area contributed by atoms with Crippen LogP contribution in [0.15, 0.2) is 223 Å². The first-order valence-corrected chi connectivity index (χ1v) is 19.4. The minimum absolute atomic E-state index is 0.859. The summed E-state index contributed by atoms with van der Waals surface area (Å²) in [6.45, 7) is 0. The van der Waals surface area contributed by atoms with Crippen molar-refractivity contribution in [3.63, 3.8) is 0 Å². The smallest absolute Gasteiger partial charge is 0.145 e. The third-order valence-electron chi connectivity index (χ3n) is 11.2. The molecule has 0 aliphatic carbocycles. The molecule has 0 aliphatic rings. The molecule has 2 aromatic heterocycles. The van der Waals surface area contributed by atoms with Crippen LogP contribution in [0.2, 0.25) is 0 Å². The molecule has 0 saturated carbocycles. The van der Waals surface area contributed by atoms with Crippen molar-refractivity contribution in [2.24, 2.45) is 0 Å². The van der Waals surface area contributed by atoms with Crippen LogP contribution in [0.3, 0.4) is 0 Å². The number of para-hydroxylation sites is 4. The Morgan fingerprint density at radius 3 is 1.68 bits per heavy atom. The number of benzene rings is 9. The third-order valence-corrected chi connectivity index (χ3v) is 11.2. The van der Waals surface area contributed by atoms with Gasteiger partial charge in [0.2, 0.25) is 0 Å². The van der Waals surface area contributed by atoms with Gasteiger partial charge >= 0.3 is 0 Å². The minimum Gasteiger partial charge on any atom is -0.455 e. The second kappa shape index (κ2) is 13.6. The molecule has 268 valence electrons. The molecular weight excluding hydrogens is 693 g/mol. The van der Waals surface area contributed by atoms with Crippen LogP contribution in [0.25, 0.3) is 82.8 Å². The number of furan rings is 1. The summed E-state index contributed by atoms with van der Waals surface area (Å²) < 4.78 is 9.26.